The number of nitrogens with zero attached hydrogens (tertiary/aromatic N) is 1. The van der Waals surface area contributed by atoms with Crippen molar-refractivity contribution in [3.63, 3.8) is 0 Å². The molecule has 0 bridgehead atoms. The first-order valence-corrected chi connectivity index (χ1v) is 7.97. The zero-order valence-corrected chi connectivity index (χ0v) is 14.5. The van der Waals surface area contributed by atoms with Crippen LogP contribution in [0.3, 0.4) is 0 Å². The van der Waals surface area contributed by atoms with E-state index in [1.54, 1.807) is 27.0 Å². The van der Waals surface area contributed by atoms with Gasteiger partial charge in [-0.25, -0.2) is 9.59 Å². The lowest BCUT2D eigenvalue weighted by atomic mass is 10.0. The van der Waals surface area contributed by atoms with Crippen molar-refractivity contribution in [3.05, 3.63) is 54.2 Å². The maximum absolute atomic E-state index is 11.8. The van der Waals surface area contributed by atoms with Crippen LogP contribution in [0.2, 0.25) is 0 Å². The first-order chi connectivity index (χ1) is 11.7. The van der Waals surface area contributed by atoms with E-state index in [2.05, 4.69) is 10.3 Å². The average molecular weight is 342 g/mol. The summed E-state index contributed by atoms with van der Waals surface area (Å²) in [7, 11) is 0. The average Bonchev–Trinajstić information content (AvgIpc) is 2.54. The molecule has 2 N–H and O–H groups in total. The van der Waals surface area contributed by atoms with Crippen LogP contribution in [-0.2, 0) is 16.0 Å². The van der Waals surface area contributed by atoms with Crippen molar-refractivity contribution in [1.29, 1.82) is 0 Å². The topological polar surface area (TPSA) is 88.5 Å². The molecule has 1 heterocycles. The second kappa shape index (κ2) is 7.79. The number of carbonyl (C=O) groups is 2. The largest absolute Gasteiger partial charge is 0.480 e. The Morgan fingerprint density at radius 1 is 1.16 bits per heavy atom. The van der Waals surface area contributed by atoms with E-state index in [-0.39, 0.29) is 6.42 Å². The lowest BCUT2D eigenvalue weighted by Gasteiger charge is -2.22. The minimum absolute atomic E-state index is 0.164. The van der Waals surface area contributed by atoms with Crippen molar-refractivity contribution >= 4 is 12.1 Å². The minimum Gasteiger partial charge on any atom is -0.480 e. The summed E-state index contributed by atoms with van der Waals surface area (Å²) in [5, 5.41) is 11.7. The second-order valence-corrected chi connectivity index (χ2v) is 6.65. The van der Waals surface area contributed by atoms with Gasteiger partial charge in [0.15, 0.2) is 0 Å². The Bertz CT molecular complexity index is 721. The van der Waals surface area contributed by atoms with Gasteiger partial charge in [-0.3, -0.25) is 4.98 Å². The van der Waals surface area contributed by atoms with Crippen molar-refractivity contribution in [3.8, 4) is 11.3 Å². The molecule has 0 saturated carbocycles. The molecule has 1 aromatic heterocycles. The smallest absolute Gasteiger partial charge is 0.408 e. The third-order valence-corrected chi connectivity index (χ3v) is 3.34. The van der Waals surface area contributed by atoms with Crippen LogP contribution in [0.15, 0.2) is 48.7 Å². The molecule has 0 radical (unpaired) electrons. The predicted octanol–water partition coefficient (Wildman–Crippen LogP) is 3.27. The molecule has 1 unspecified atom stereocenters. The summed E-state index contributed by atoms with van der Waals surface area (Å²) in [5.41, 5.74) is 1.90. The molecular formula is C19H22N2O4. The number of nitrogens with one attached hydrogen (secondary N) is 1. The number of carboxylic acids is 1. The van der Waals surface area contributed by atoms with E-state index in [1.165, 1.54) is 0 Å². The highest BCUT2D eigenvalue weighted by atomic mass is 16.6. The fourth-order valence-electron chi connectivity index (χ4n) is 2.23. The van der Waals surface area contributed by atoms with E-state index < -0.39 is 23.7 Å². The zero-order chi connectivity index (χ0) is 18.4. The summed E-state index contributed by atoms with van der Waals surface area (Å²) in [6, 6.07) is 12.0. The fourth-order valence-corrected chi connectivity index (χ4v) is 2.23. The molecule has 0 aliphatic carbocycles. The number of pyridine rings is 1. The van der Waals surface area contributed by atoms with Crippen LogP contribution < -0.4 is 5.32 Å². The Kier molecular flexibility index (Phi) is 5.75. The van der Waals surface area contributed by atoms with E-state index >= 15 is 0 Å². The molecule has 0 fully saturated rings. The van der Waals surface area contributed by atoms with Crippen molar-refractivity contribution in [2.75, 3.05) is 0 Å². The number of hydrogen-bond acceptors (Lipinski definition) is 4. The maximum atomic E-state index is 11.8. The highest BCUT2D eigenvalue weighted by Crippen LogP contribution is 2.17. The van der Waals surface area contributed by atoms with E-state index in [4.69, 9.17) is 4.74 Å². The predicted molar refractivity (Wildman–Crippen MR) is 94.2 cm³/mol. The van der Waals surface area contributed by atoms with Gasteiger partial charge in [0.25, 0.3) is 0 Å². The van der Waals surface area contributed by atoms with Gasteiger partial charge in [0.1, 0.15) is 11.6 Å². The number of aliphatic carboxylic acids is 1. The van der Waals surface area contributed by atoms with Gasteiger partial charge >= 0.3 is 12.1 Å². The van der Waals surface area contributed by atoms with Gasteiger partial charge in [-0.15, -0.1) is 0 Å². The normalized spacial score (nSPS) is 12.3. The van der Waals surface area contributed by atoms with Crippen LogP contribution in [0.25, 0.3) is 11.3 Å². The molecule has 0 aliphatic rings. The number of aromatic nitrogens is 1. The van der Waals surface area contributed by atoms with Gasteiger partial charge in [0.2, 0.25) is 0 Å². The van der Waals surface area contributed by atoms with Crippen LogP contribution >= 0.6 is 0 Å². The van der Waals surface area contributed by atoms with Gasteiger partial charge in [-0.1, -0.05) is 30.3 Å². The molecule has 6 nitrogen and oxygen atoms in total. The summed E-state index contributed by atoms with van der Waals surface area (Å²) in [5.74, 6) is -1.11. The SMILES string of the molecule is CC(C)(C)OC(=O)NC(Cc1ccc(-c2ccccn2)cc1)C(=O)O. The van der Waals surface area contributed by atoms with Gasteiger partial charge in [-0.2, -0.15) is 0 Å². The molecule has 0 saturated heterocycles. The van der Waals surface area contributed by atoms with Gasteiger partial charge in [-0.05, 0) is 38.5 Å². The van der Waals surface area contributed by atoms with Crippen LogP contribution in [0.4, 0.5) is 4.79 Å². The third-order valence-electron chi connectivity index (χ3n) is 3.34. The molecule has 0 aliphatic heterocycles. The highest BCUT2D eigenvalue weighted by molar-refractivity contribution is 5.80. The number of alkyl carbamates (subject to hydrolysis) is 1. The van der Waals surface area contributed by atoms with E-state index in [1.807, 2.05) is 42.5 Å². The molecule has 1 atom stereocenters. The molecule has 1 amide bonds. The van der Waals surface area contributed by atoms with Crippen molar-refractivity contribution in [2.45, 2.75) is 38.8 Å². The number of carboxylic acid groups (broad SMARTS) is 1. The molecule has 25 heavy (non-hydrogen) atoms. The van der Waals surface area contributed by atoms with Crippen LogP contribution in [-0.4, -0.2) is 33.8 Å². The Labute approximate surface area is 146 Å². The fraction of sp³-hybridized carbons (Fsp3) is 0.316. The number of ether oxygens (including phenoxy) is 1. The monoisotopic (exact) mass is 342 g/mol. The minimum atomic E-state index is -1.11. The summed E-state index contributed by atoms with van der Waals surface area (Å²) < 4.78 is 5.11. The van der Waals surface area contributed by atoms with Crippen molar-refractivity contribution in [2.24, 2.45) is 0 Å². The lowest BCUT2D eigenvalue weighted by Crippen LogP contribution is -2.44. The zero-order valence-electron chi connectivity index (χ0n) is 14.5. The van der Waals surface area contributed by atoms with Crippen LogP contribution in [0, 0.1) is 0 Å². The van der Waals surface area contributed by atoms with E-state index in [0.29, 0.717) is 0 Å². The van der Waals surface area contributed by atoms with Gasteiger partial charge < -0.3 is 15.2 Å². The van der Waals surface area contributed by atoms with E-state index in [0.717, 1.165) is 16.8 Å². The Morgan fingerprint density at radius 2 is 1.84 bits per heavy atom. The van der Waals surface area contributed by atoms with E-state index in [9.17, 15) is 14.7 Å². The third kappa shape index (κ3) is 5.91. The van der Waals surface area contributed by atoms with Gasteiger partial charge in [0.05, 0.1) is 5.69 Å². The van der Waals surface area contributed by atoms with Crippen molar-refractivity contribution in [1.82, 2.24) is 10.3 Å². The molecule has 2 aromatic rings. The number of carbonyl (C=O) groups excluding carboxylic acids is 1. The first kappa shape index (κ1) is 18.4. The van der Waals surface area contributed by atoms with Crippen molar-refractivity contribution < 1.29 is 19.4 Å². The molecule has 6 heteroatoms. The summed E-state index contributed by atoms with van der Waals surface area (Å²) >= 11 is 0. The summed E-state index contributed by atoms with van der Waals surface area (Å²) in [6.45, 7) is 5.16. The maximum Gasteiger partial charge on any atom is 0.408 e. The Balaban J connectivity index is 2.04. The quantitative estimate of drug-likeness (QED) is 0.870. The number of amides is 1. The summed E-state index contributed by atoms with van der Waals surface area (Å²) in [4.78, 5) is 27.5. The standard InChI is InChI=1S/C19H22N2O4/c1-19(2,3)25-18(24)21-16(17(22)23)12-13-7-9-14(10-8-13)15-6-4-5-11-20-15/h4-11,16H,12H2,1-3H3,(H,21,24)(H,22,23). The van der Waals surface area contributed by atoms with Crippen LogP contribution in [0.1, 0.15) is 26.3 Å². The van der Waals surface area contributed by atoms with Crippen LogP contribution in [0.5, 0.6) is 0 Å². The number of hydrogen-bond donors (Lipinski definition) is 2. The molecule has 1 aromatic carbocycles. The second-order valence-electron chi connectivity index (χ2n) is 6.65. The van der Waals surface area contributed by atoms with Gasteiger partial charge in [0, 0.05) is 18.2 Å². The molecule has 132 valence electrons. The molecule has 2 rings (SSSR count). The molecular weight excluding hydrogens is 320 g/mol. The lowest BCUT2D eigenvalue weighted by molar-refractivity contribution is -0.139. The Morgan fingerprint density at radius 3 is 2.36 bits per heavy atom. The number of rotatable bonds is 5. The Hall–Kier alpha value is -2.89. The highest BCUT2D eigenvalue weighted by Gasteiger charge is 2.24. The summed E-state index contributed by atoms with van der Waals surface area (Å²) in [6.07, 6.45) is 1.14. The molecule has 0 spiro atoms. The first-order valence-electron chi connectivity index (χ1n) is 7.97. The number of benzene rings is 1.